The van der Waals surface area contributed by atoms with Gasteiger partial charge in [0.1, 0.15) is 0 Å². The molecule has 3 N–H and O–H groups in total. The van der Waals surface area contributed by atoms with E-state index in [4.69, 9.17) is 5.73 Å². The summed E-state index contributed by atoms with van der Waals surface area (Å²) in [5.41, 5.74) is 5.00. The number of nitrogens with one attached hydrogen (secondary N) is 1. The molecule has 1 saturated heterocycles. The zero-order chi connectivity index (χ0) is 14.6. The van der Waals surface area contributed by atoms with Crippen LogP contribution in [0.3, 0.4) is 0 Å². The van der Waals surface area contributed by atoms with Gasteiger partial charge in [-0.3, -0.25) is 9.69 Å². The van der Waals surface area contributed by atoms with Crippen molar-refractivity contribution in [3.63, 3.8) is 0 Å². The molecule has 1 fully saturated rings. The topological polar surface area (TPSA) is 58.4 Å². The molecule has 2 heterocycles. The van der Waals surface area contributed by atoms with Crippen LogP contribution in [-0.4, -0.2) is 36.0 Å². The molecule has 0 radical (unpaired) electrons. The molecule has 1 aliphatic rings. The molecule has 0 spiro atoms. The second kappa shape index (κ2) is 9.73. The van der Waals surface area contributed by atoms with Gasteiger partial charge in [0.2, 0.25) is 5.91 Å². The van der Waals surface area contributed by atoms with E-state index in [-0.39, 0.29) is 30.7 Å². The molecule has 0 aromatic carbocycles. The van der Waals surface area contributed by atoms with Crippen molar-refractivity contribution in [3.05, 3.63) is 22.4 Å². The first-order valence-corrected chi connectivity index (χ1v) is 8.15. The second-order valence-corrected chi connectivity index (χ2v) is 7.26. The van der Waals surface area contributed by atoms with Crippen LogP contribution in [0.5, 0.6) is 0 Å². The van der Waals surface area contributed by atoms with Gasteiger partial charge in [0.05, 0.1) is 5.54 Å². The van der Waals surface area contributed by atoms with Gasteiger partial charge in [0.15, 0.2) is 0 Å². The van der Waals surface area contributed by atoms with Crippen LogP contribution in [0.15, 0.2) is 17.5 Å². The lowest BCUT2D eigenvalue weighted by Crippen LogP contribution is -2.50. The molecule has 0 atom stereocenters. The van der Waals surface area contributed by atoms with E-state index in [1.165, 1.54) is 4.88 Å². The molecular formula is C15H27Cl2N3OS. The maximum atomic E-state index is 11.7. The zero-order valence-corrected chi connectivity index (χ0v) is 15.7. The summed E-state index contributed by atoms with van der Waals surface area (Å²) in [5, 5.41) is 5.10. The van der Waals surface area contributed by atoms with E-state index in [0.717, 1.165) is 39.0 Å². The molecule has 1 amide bonds. The van der Waals surface area contributed by atoms with Gasteiger partial charge in [-0.15, -0.1) is 36.2 Å². The number of halogens is 2. The van der Waals surface area contributed by atoms with Crippen LogP contribution in [0, 0.1) is 5.92 Å². The molecule has 22 heavy (non-hydrogen) atoms. The van der Waals surface area contributed by atoms with Crippen molar-refractivity contribution in [2.45, 2.75) is 38.8 Å². The number of thiophene rings is 1. The summed E-state index contributed by atoms with van der Waals surface area (Å²) >= 11 is 1.82. The number of nitrogens with zero attached hydrogens (tertiary/aromatic N) is 1. The summed E-state index contributed by atoms with van der Waals surface area (Å²) in [6.45, 7) is 7.53. The minimum Gasteiger partial charge on any atom is -0.354 e. The standard InChI is InChI=1S/C15H25N3OS.2ClH/c1-15(2,16)14(19)17-10-12-5-7-18(8-6-12)11-13-4-3-9-20-13;;/h3-4,9,12H,5-8,10-11,16H2,1-2H3,(H,17,19);2*1H. The smallest absolute Gasteiger partial charge is 0.239 e. The minimum atomic E-state index is -0.778. The van der Waals surface area contributed by atoms with Gasteiger partial charge in [-0.2, -0.15) is 0 Å². The van der Waals surface area contributed by atoms with Crippen molar-refractivity contribution in [3.8, 4) is 0 Å². The highest BCUT2D eigenvalue weighted by atomic mass is 35.5. The average molecular weight is 368 g/mol. The number of piperidine rings is 1. The Balaban J connectivity index is 0.00000220. The van der Waals surface area contributed by atoms with E-state index < -0.39 is 5.54 Å². The third-order valence-corrected chi connectivity index (χ3v) is 4.66. The Morgan fingerprint density at radius 2 is 2.05 bits per heavy atom. The predicted molar refractivity (Wildman–Crippen MR) is 98.1 cm³/mol. The molecule has 128 valence electrons. The quantitative estimate of drug-likeness (QED) is 0.840. The average Bonchev–Trinajstić information content (AvgIpc) is 2.89. The first kappa shape index (κ1) is 21.7. The highest BCUT2D eigenvalue weighted by molar-refractivity contribution is 7.09. The van der Waals surface area contributed by atoms with Gasteiger partial charge >= 0.3 is 0 Å². The summed E-state index contributed by atoms with van der Waals surface area (Å²) in [7, 11) is 0. The largest absolute Gasteiger partial charge is 0.354 e. The van der Waals surface area contributed by atoms with Crippen molar-refractivity contribution in [1.82, 2.24) is 10.2 Å². The van der Waals surface area contributed by atoms with Crippen molar-refractivity contribution in [1.29, 1.82) is 0 Å². The van der Waals surface area contributed by atoms with Gasteiger partial charge in [0.25, 0.3) is 0 Å². The van der Waals surface area contributed by atoms with Gasteiger partial charge in [-0.1, -0.05) is 6.07 Å². The molecular weight excluding hydrogens is 341 g/mol. The lowest BCUT2D eigenvalue weighted by atomic mass is 9.96. The fraction of sp³-hybridized carbons (Fsp3) is 0.667. The van der Waals surface area contributed by atoms with Crippen molar-refractivity contribution in [2.75, 3.05) is 19.6 Å². The normalized spacial score (nSPS) is 16.5. The van der Waals surface area contributed by atoms with Crippen LogP contribution < -0.4 is 11.1 Å². The summed E-state index contributed by atoms with van der Waals surface area (Å²) in [6, 6.07) is 4.30. The number of rotatable bonds is 5. The van der Waals surface area contributed by atoms with Gasteiger partial charge < -0.3 is 11.1 Å². The van der Waals surface area contributed by atoms with E-state index in [9.17, 15) is 4.79 Å². The number of amides is 1. The molecule has 0 aliphatic carbocycles. The fourth-order valence-corrected chi connectivity index (χ4v) is 3.18. The van der Waals surface area contributed by atoms with Crippen LogP contribution in [0.4, 0.5) is 0 Å². The monoisotopic (exact) mass is 367 g/mol. The Morgan fingerprint density at radius 1 is 1.41 bits per heavy atom. The van der Waals surface area contributed by atoms with E-state index in [1.54, 1.807) is 13.8 Å². The van der Waals surface area contributed by atoms with E-state index in [2.05, 4.69) is 27.7 Å². The van der Waals surface area contributed by atoms with E-state index in [0.29, 0.717) is 5.92 Å². The highest BCUT2D eigenvalue weighted by Gasteiger charge is 2.24. The molecule has 1 aromatic heterocycles. The lowest BCUT2D eigenvalue weighted by molar-refractivity contribution is -0.125. The molecule has 2 rings (SSSR count). The summed E-state index contributed by atoms with van der Waals surface area (Å²) in [6.07, 6.45) is 2.30. The first-order valence-electron chi connectivity index (χ1n) is 7.27. The Kier molecular flexibility index (Phi) is 9.58. The van der Waals surface area contributed by atoms with Crippen LogP contribution in [0.25, 0.3) is 0 Å². The van der Waals surface area contributed by atoms with Crippen LogP contribution in [0.2, 0.25) is 0 Å². The van der Waals surface area contributed by atoms with Crippen molar-refractivity contribution >= 4 is 42.1 Å². The van der Waals surface area contributed by atoms with Crippen molar-refractivity contribution in [2.24, 2.45) is 11.7 Å². The molecule has 0 unspecified atom stereocenters. The minimum absolute atomic E-state index is 0. The van der Waals surface area contributed by atoms with E-state index in [1.807, 2.05) is 11.3 Å². The number of likely N-dealkylation sites (tertiary alicyclic amines) is 1. The fourth-order valence-electron chi connectivity index (χ4n) is 2.44. The molecule has 1 aliphatic heterocycles. The SMILES string of the molecule is CC(C)(N)C(=O)NCC1CCN(Cc2cccs2)CC1.Cl.Cl. The van der Waals surface area contributed by atoms with Crippen LogP contribution in [0.1, 0.15) is 31.6 Å². The molecule has 0 bridgehead atoms. The third kappa shape index (κ3) is 6.84. The Hall–Kier alpha value is -0.330. The zero-order valence-electron chi connectivity index (χ0n) is 13.2. The Morgan fingerprint density at radius 3 is 2.55 bits per heavy atom. The second-order valence-electron chi connectivity index (χ2n) is 6.23. The summed E-state index contributed by atoms with van der Waals surface area (Å²) in [4.78, 5) is 15.7. The summed E-state index contributed by atoms with van der Waals surface area (Å²) < 4.78 is 0. The van der Waals surface area contributed by atoms with Crippen LogP contribution >= 0.6 is 36.2 Å². The van der Waals surface area contributed by atoms with E-state index >= 15 is 0 Å². The van der Waals surface area contributed by atoms with Gasteiger partial charge in [-0.05, 0) is 57.1 Å². The Labute approximate surface area is 149 Å². The van der Waals surface area contributed by atoms with Gasteiger partial charge in [0, 0.05) is 18.0 Å². The van der Waals surface area contributed by atoms with Gasteiger partial charge in [-0.25, -0.2) is 0 Å². The third-order valence-electron chi connectivity index (χ3n) is 3.80. The molecule has 1 aromatic rings. The molecule has 0 saturated carbocycles. The first-order chi connectivity index (χ1) is 9.45. The Bertz CT molecular complexity index is 426. The van der Waals surface area contributed by atoms with Crippen LogP contribution in [-0.2, 0) is 11.3 Å². The number of hydrogen-bond acceptors (Lipinski definition) is 4. The predicted octanol–water partition coefficient (Wildman–Crippen LogP) is 2.66. The highest BCUT2D eigenvalue weighted by Crippen LogP contribution is 2.20. The molecule has 4 nitrogen and oxygen atoms in total. The number of carbonyl (C=O) groups excluding carboxylic acids is 1. The number of carbonyl (C=O) groups is 1. The van der Waals surface area contributed by atoms with Crippen molar-refractivity contribution < 1.29 is 4.79 Å². The number of nitrogens with two attached hydrogens (primary N) is 1. The maximum Gasteiger partial charge on any atom is 0.239 e. The lowest BCUT2D eigenvalue weighted by Gasteiger charge is -2.32. The maximum absolute atomic E-state index is 11.7. The molecule has 7 heteroatoms. The summed E-state index contributed by atoms with van der Waals surface area (Å²) in [5.74, 6) is 0.527. The number of hydrogen-bond donors (Lipinski definition) is 2.